The number of aliphatic hydroxyl groups excluding tert-OH is 1. The number of allylic oxidation sites excluding steroid dienone is 3. The minimum absolute atomic E-state index is 0.110. The fourth-order valence-electron chi connectivity index (χ4n) is 7.49. The summed E-state index contributed by atoms with van der Waals surface area (Å²) in [7, 11) is 0. The molecule has 0 bridgehead atoms. The molecule has 4 heteroatoms. The van der Waals surface area contributed by atoms with Crippen LogP contribution in [0.1, 0.15) is 129 Å². The molecule has 0 radical (unpaired) electrons. The van der Waals surface area contributed by atoms with E-state index >= 15 is 0 Å². The van der Waals surface area contributed by atoms with Crippen LogP contribution in [0.4, 0.5) is 0 Å². The van der Waals surface area contributed by atoms with Crippen LogP contribution in [0, 0.1) is 29.6 Å². The van der Waals surface area contributed by atoms with Gasteiger partial charge in [-0.05, 0) is 114 Å². The molecule has 0 amide bonds. The van der Waals surface area contributed by atoms with Crippen molar-refractivity contribution in [1.82, 2.24) is 0 Å². The fraction of sp³-hybridized carbons (Fsp3) is 0.844. The van der Waals surface area contributed by atoms with E-state index < -0.39 is 0 Å². The number of rotatable bonds is 14. The van der Waals surface area contributed by atoms with Gasteiger partial charge < -0.3 is 9.84 Å². The van der Waals surface area contributed by atoms with Crippen molar-refractivity contribution in [2.24, 2.45) is 29.6 Å². The molecule has 2 fully saturated rings. The standard InChI is InChI=1S/C32H52O4/c1-2-36-32(35)21-10-14-26(22-25-12-4-3-5-13-25)23-29(34)18-11-17-28(24-33)31-20-9-7-16-27-15-6-8-19-30(27)31/h4,12,25-27,29-31,34H,2-3,5-11,13-23H2,1H3. The Hall–Kier alpha value is -1.38. The van der Waals surface area contributed by atoms with Crippen molar-refractivity contribution in [1.29, 1.82) is 0 Å². The lowest BCUT2D eigenvalue weighted by Gasteiger charge is -2.36. The number of hydrogen-bond acceptors (Lipinski definition) is 4. The van der Waals surface area contributed by atoms with Crippen LogP contribution < -0.4 is 0 Å². The van der Waals surface area contributed by atoms with E-state index in [-0.39, 0.29) is 12.1 Å². The summed E-state index contributed by atoms with van der Waals surface area (Å²) in [6.45, 7) is 2.29. The van der Waals surface area contributed by atoms with Gasteiger partial charge in [0.05, 0.1) is 12.7 Å². The van der Waals surface area contributed by atoms with E-state index in [0.29, 0.717) is 36.7 Å². The number of carbonyl (C=O) groups is 1. The summed E-state index contributed by atoms with van der Waals surface area (Å²) < 4.78 is 5.10. The molecule has 36 heavy (non-hydrogen) atoms. The van der Waals surface area contributed by atoms with Gasteiger partial charge in [0.2, 0.25) is 0 Å². The number of hydrogen-bond donors (Lipinski definition) is 1. The van der Waals surface area contributed by atoms with E-state index in [1.165, 1.54) is 64.2 Å². The first-order chi connectivity index (χ1) is 17.6. The first kappa shape index (κ1) is 29.2. The Morgan fingerprint density at radius 2 is 1.75 bits per heavy atom. The van der Waals surface area contributed by atoms with Gasteiger partial charge in [0.1, 0.15) is 5.94 Å². The van der Waals surface area contributed by atoms with Crippen molar-refractivity contribution in [3.63, 3.8) is 0 Å². The van der Waals surface area contributed by atoms with Crippen LogP contribution in [-0.2, 0) is 14.3 Å². The minimum atomic E-state index is -0.338. The van der Waals surface area contributed by atoms with Gasteiger partial charge in [0.15, 0.2) is 0 Å². The molecule has 0 aromatic rings. The highest BCUT2D eigenvalue weighted by molar-refractivity contribution is 5.69. The maximum atomic E-state index is 12.0. The molecule has 6 atom stereocenters. The first-order valence-electron chi connectivity index (χ1n) is 15.3. The Balaban J connectivity index is 1.47. The minimum Gasteiger partial charge on any atom is -0.466 e. The normalized spacial score (nSPS) is 27.8. The monoisotopic (exact) mass is 500 g/mol. The lowest BCUT2D eigenvalue weighted by molar-refractivity contribution is -0.143. The molecule has 0 heterocycles. The Morgan fingerprint density at radius 3 is 2.47 bits per heavy atom. The Labute approximate surface area is 220 Å². The summed E-state index contributed by atoms with van der Waals surface area (Å²) >= 11 is 0. The highest BCUT2D eigenvalue weighted by atomic mass is 16.5. The molecule has 0 saturated heterocycles. The van der Waals surface area contributed by atoms with Gasteiger partial charge in [-0.2, -0.15) is 0 Å². The SMILES string of the molecule is CCOC(=O)CCCC(CC(O)CCCC(=C=O)C1CCCCC2CCCCC21)CC1C=CCCC1. The molecule has 3 aliphatic carbocycles. The lowest BCUT2D eigenvalue weighted by atomic mass is 9.69. The summed E-state index contributed by atoms with van der Waals surface area (Å²) in [5.41, 5.74) is 1.01. The Morgan fingerprint density at radius 1 is 1.00 bits per heavy atom. The Kier molecular flexibility index (Phi) is 13.3. The lowest BCUT2D eigenvalue weighted by Crippen LogP contribution is -2.27. The Bertz CT molecular complexity index is 722. The zero-order valence-electron chi connectivity index (χ0n) is 22.9. The number of esters is 1. The van der Waals surface area contributed by atoms with Crippen LogP contribution in [0.25, 0.3) is 0 Å². The second-order valence-electron chi connectivity index (χ2n) is 11.9. The van der Waals surface area contributed by atoms with Gasteiger partial charge in [-0.15, -0.1) is 0 Å². The highest BCUT2D eigenvalue weighted by Gasteiger charge is 2.35. The first-order valence-corrected chi connectivity index (χ1v) is 15.3. The van der Waals surface area contributed by atoms with E-state index in [2.05, 4.69) is 18.1 Å². The number of fused-ring (bicyclic) bond motifs is 1. The summed E-state index contributed by atoms with van der Waals surface area (Å²) in [6, 6.07) is 0. The van der Waals surface area contributed by atoms with Crippen molar-refractivity contribution in [2.45, 2.75) is 135 Å². The van der Waals surface area contributed by atoms with Crippen LogP contribution in [0.2, 0.25) is 0 Å². The third kappa shape index (κ3) is 9.82. The second-order valence-corrected chi connectivity index (χ2v) is 11.9. The molecule has 204 valence electrons. The average Bonchev–Trinajstić information content (AvgIpc) is 3.10. The molecule has 0 aliphatic heterocycles. The van der Waals surface area contributed by atoms with Crippen LogP contribution in [0.15, 0.2) is 17.7 Å². The van der Waals surface area contributed by atoms with Crippen molar-refractivity contribution < 1.29 is 19.4 Å². The zero-order valence-corrected chi connectivity index (χ0v) is 22.9. The van der Waals surface area contributed by atoms with Crippen LogP contribution >= 0.6 is 0 Å². The van der Waals surface area contributed by atoms with E-state index in [4.69, 9.17) is 4.74 Å². The molecule has 3 rings (SSSR count). The van der Waals surface area contributed by atoms with E-state index in [9.17, 15) is 14.7 Å². The third-order valence-electron chi connectivity index (χ3n) is 9.28. The third-order valence-corrected chi connectivity index (χ3v) is 9.28. The van der Waals surface area contributed by atoms with Gasteiger partial charge in [0, 0.05) is 12.0 Å². The van der Waals surface area contributed by atoms with Crippen molar-refractivity contribution in [2.75, 3.05) is 6.61 Å². The highest BCUT2D eigenvalue weighted by Crippen LogP contribution is 2.45. The summed E-state index contributed by atoms with van der Waals surface area (Å²) in [4.78, 5) is 23.8. The smallest absolute Gasteiger partial charge is 0.305 e. The summed E-state index contributed by atoms with van der Waals surface area (Å²) in [6.07, 6.45) is 24.9. The van der Waals surface area contributed by atoms with E-state index in [0.717, 1.165) is 62.9 Å². The predicted molar refractivity (Wildman–Crippen MR) is 146 cm³/mol. The maximum absolute atomic E-state index is 12.0. The van der Waals surface area contributed by atoms with Crippen LogP contribution in [-0.4, -0.2) is 29.7 Å². The number of carbonyl (C=O) groups excluding carboxylic acids is 2. The predicted octanol–water partition coefficient (Wildman–Crippen LogP) is 7.76. The quantitative estimate of drug-likeness (QED) is 0.150. The van der Waals surface area contributed by atoms with E-state index in [1.54, 1.807) is 0 Å². The van der Waals surface area contributed by atoms with Crippen molar-refractivity contribution in [3.8, 4) is 0 Å². The molecule has 0 aromatic heterocycles. The van der Waals surface area contributed by atoms with Crippen LogP contribution in [0.5, 0.6) is 0 Å². The zero-order chi connectivity index (χ0) is 25.6. The van der Waals surface area contributed by atoms with E-state index in [1.807, 2.05) is 6.92 Å². The average molecular weight is 501 g/mol. The molecule has 1 N–H and O–H groups in total. The van der Waals surface area contributed by atoms with Crippen molar-refractivity contribution in [3.05, 3.63) is 17.7 Å². The molecule has 3 aliphatic rings. The van der Waals surface area contributed by atoms with Gasteiger partial charge in [0.25, 0.3) is 0 Å². The molecular formula is C32H52O4. The number of aliphatic hydroxyl groups is 1. The molecule has 0 spiro atoms. The van der Waals surface area contributed by atoms with Gasteiger partial charge in [-0.25, -0.2) is 4.79 Å². The molecule has 2 saturated carbocycles. The molecule has 0 aromatic carbocycles. The molecule has 4 nitrogen and oxygen atoms in total. The van der Waals surface area contributed by atoms with Crippen LogP contribution in [0.3, 0.4) is 0 Å². The largest absolute Gasteiger partial charge is 0.466 e. The number of ether oxygens (including phenoxy) is 1. The summed E-state index contributed by atoms with van der Waals surface area (Å²) in [5.74, 6) is 5.23. The van der Waals surface area contributed by atoms with Crippen molar-refractivity contribution >= 4 is 11.9 Å². The maximum Gasteiger partial charge on any atom is 0.305 e. The topological polar surface area (TPSA) is 63.6 Å². The molecule has 6 unspecified atom stereocenters. The van der Waals surface area contributed by atoms with Gasteiger partial charge in [-0.3, -0.25) is 4.79 Å². The van der Waals surface area contributed by atoms with Gasteiger partial charge >= 0.3 is 5.97 Å². The summed E-state index contributed by atoms with van der Waals surface area (Å²) in [5, 5.41) is 11.0. The second kappa shape index (κ2) is 16.5. The fourth-order valence-corrected chi connectivity index (χ4v) is 7.49. The van der Waals surface area contributed by atoms with Gasteiger partial charge in [-0.1, -0.05) is 50.7 Å². The molecular weight excluding hydrogens is 448 g/mol.